The molecule has 0 aromatic heterocycles. The van der Waals surface area contributed by atoms with Gasteiger partial charge < -0.3 is 9.84 Å². The van der Waals surface area contributed by atoms with Gasteiger partial charge in [-0.3, -0.25) is 4.79 Å². The molecule has 1 N–H and O–H groups in total. The van der Waals surface area contributed by atoms with Crippen molar-refractivity contribution in [3.63, 3.8) is 0 Å². The molecule has 0 radical (unpaired) electrons. The van der Waals surface area contributed by atoms with Crippen molar-refractivity contribution in [2.45, 2.75) is 33.3 Å². The zero-order chi connectivity index (χ0) is 14.6. The van der Waals surface area contributed by atoms with E-state index in [9.17, 15) is 14.3 Å². The maximum absolute atomic E-state index is 12.9. The Morgan fingerprint density at radius 3 is 2.32 bits per heavy atom. The molecule has 1 aromatic rings. The molecule has 3 nitrogen and oxygen atoms in total. The predicted molar refractivity (Wildman–Crippen MR) is 70.9 cm³/mol. The minimum atomic E-state index is -1.39. The van der Waals surface area contributed by atoms with Gasteiger partial charge >= 0.3 is 5.97 Å². The van der Waals surface area contributed by atoms with Gasteiger partial charge in [-0.2, -0.15) is 0 Å². The average Bonchev–Trinajstić information content (AvgIpc) is 2.28. The number of rotatable bonds is 5. The van der Waals surface area contributed by atoms with Crippen LogP contribution in [0.3, 0.4) is 0 Å². The standard InChI is InChI=1S/C15H21FO3/c1-5-19-14(17)13(10(2)3)15(4,18)11-6-8-12(16)9-7-11/h6-10,13,18H,5H2,1-4H3. The molecule has 0 amide bonds. The van der Waals surface area contributed by atoms with Gasteiger partial charge in [0.1, 0.15) is 11.4 Å². The Labute approximate surface area is 113 Å². The molecule has 0 fully saturated rings. The normalized spacial score (nSPS) is 15.9. The molecule has 0 spiro atoms. The van der Waals surface area contributed by atoms with E-state index in [1.165, 1.54) is 24.3 Å². The highest BCUT2D eigenvalue weighted by Crippen LogP contribution is 2.35. The Balaban J connectivity index is 3.12. The Kier molecular flexibility index (Phi) is 5.06. The van der Waals surface area contributed by atoms with Crippen LogP contribution in [0.25, 0.3) is 0 Å². The third-order valence-corrected chi connectivity index (χ3v) is 3.24. The summed E-state index contributed by atoms with van der Waals surface area (Å²) in [5, 5.41) is 10.7. The summed E-state index contributed by atoms with van der Waals surface area (Å²) in [6.45, 7) is 7.24. The van der Waals surface area contributed by atoms with Crippen LogP contribution in [-0.4, -0.2) is 17.7 Å². The summed E-state index contributed by atoms with van der Waals surface area (Å²) in [5.74, 6) is -1.61. The first kappa shape index (κ1) is 15.6. The van der Waals surface area contributed by atoms with Crippen LogP contribution in [0.5, 0.6) is 0 Å². The molecule has 106 valence electrons. The van der Waals surface area contributed by atoms with Crippen LogP contribution in [0.4, 0.5) is 4.39 Å². The number of benzene rings is 1. The molecule has 0 bridgehead atoms. The van der Waals surface area contributed by atoms with Crippen LogP contribution < -0.4 is 0 Å². The summed E-state index contributed by atoms with van der Waals surface area (Å²) in [5.41, 5.74) is -0.894. The molecule has 0 saturated heterocycles. The molecule has 0 aliphatic rings. The molecule has 0 heterocycles. The van der Waals surface area contributed by atoms with E-state index in [-0.39, 0.29) is 18.3 Å². The van der Waals surface area contributed by atoms with E-state index in [1.54, 1.807) is 13.8 Å². The second-order valence-electron chi connectivity index (χ2n) is 5.13. The van der Waals surface area contributed by atoms with Gasteiger partial charge in [-0.1, -0.05) is 26.0 Å². The second kappa shape index (κ2) is 6.15. The number of aliphatic hydroxyl groups is 1. The molecule has 4 heteroatoms. The molecule has 1 aromatic carbocycles. The summed E-state index contributed by atoms with van der Waals surface area (Å²) in [6, 6.07) is 5.52. The van der Waals surface area contributed by atoms with Crippen molar-refractivity contribution in [1.29, 1.82) is 0 Å². The summed E-state index contributed by atoms with van der Waals surface area (Å²) in [7, 11) is 0. The van der Waals surface area contributed by atoms with Crippen LogP contribution in [0.1, 0.15) is 33.3 Å². The third kappa shape index (κ3) is 3.53. The number of halogens is 1. The highest BCUT2D eigenvalue weighted by atomic mass is 19.1. The fourth-order valence-electron chi connectivity index (χ4n) is 2.35. The molecule has 0 aliphatic carbocycles. The van der Waals surface area contributed by atoms with Gasteiger partial charge in [0, 0.05) is 0 Å². The summed E-state index contributed by atoms with van der Waals surface area (Å²) in [4.78, 5) is 12.0. The average molecular weight is 268 g/mol. The SMILES string of the molecule is CCOC(=O)C(C(C)C)C(C)(O)c1ccc(F)cc1. The minimum Gasteiger partial charge on any atom is -0.466 e. The molecule has 2 atom stereocenters. The second-order valence-corrected chi connectivity index (χ2v) is 5.13. The summed E-state index contributed by atoms with van der Waals surface area (Å²) < 4.78 is 18.0. The molecule has 0 aliphatic heterocycles. The highest BCUT2D eigenvalue weighted by Gasteiger charge is 2.41. The van der Waals surface area contributed by atoms with Crippen molar-refractivity contribution >= 4 is 5.97 Å². The topological polar surface area (TPSA) is 46.5 Å². The highest BCUT2D eigenvalue weighted by molar-refractivity contribution is 5.74. The number of ether oxygens (including phenoxy) is 1. The van der Waals surface area contributed by atoms with Crippen molar-refractivity contribution in [3.05, 3.63) is 35.6 Å². The molecular weight excluding hydrogens is 247 g/mol. The van der Waals surface area contributed by atoms with Crippen molar-refractivity contribution in [2.75, 3.05) is 6.61 Å². The summed E-state index contributed by atoms with van der Waals surface area (Å²) in [6.07, 6.45) is 0. The third-order valence-electron chi connectivity index (χ3n) is 3.24. The van der Waals surface area contributed by atoms with E-state index in [1.807, 2.05) is 13.8 Å². The van der Waals surface area contributed by atoms with Crippen LogP contribution >= 0.6 is 0 Å². The molecule has 0 saturated carbocycles. The largest absolute Gasteiger partial charge is 0.466 e. The van der Waals surface area contributed by atoms with Crippen LogP contribution in [0.2, 0.25) is 0 Å². The molecular formula is C15H21FO3. The van der Waals surface area contributed by atoms with Crippen molar-refractivity contribution in [3.8, 4) is 0 Å². The smallest absolute Gasteiger partial charge is 0.312 e. The van der Waals surface area contributed by atoms with Crippen LogP contribution in [0.15, 0.2) is 24.3 Å². The van der Waals surface area contributed by atoms with E-state index in [4.69, 9.17) is 4.74 Å². The Bertz CT molecular complexity index is 424. The lowest BCUT2D eigenvalue weighted by molar-refractivity contribution is -0.161. The van der Waals surface area contributed by atoms with Crippen molar-refractivity contribution < 1.29 is 19.0 Å². The lowest BCUT2D eigenvalue weighted by atomic mass is 9.76. The first-order valence-corrected chi connectivity index (χ1v) is 6.45. The van der Waals surface area contributed by atoms with E-state index in [0.29, 0.717) is 5.56 Å². The number of carbonyl (C=O) groups is 1. The minimum absolute atomic E-state index is 0.0981. The lowest BCUT2D eigenvalue weighted by Gasteiger charge is -2.34. The first-order chi connectivity index (χ1) is 8.80. The first-order valence-electron chi connectivity index (χ1n) is 6.45. The van der Waals surface area contributed by atoms with Gasteiger partial charge in [0.25, 0.3) is 0 Å². The van der Waals surface area contributed by atoms with Crippen molar-refractivity contribution in [2.24, 2.45) is 11.8 Å². The maximum Gasteiger partial charge on any atom is 0.312 e. The predicted octanol–water partition coefficient (Wildman–Crippen LogP) is 2.87. The van der Waals surface area contributed by atoms with Crippen LogP contribution in [0, 0.1) is 17.7 Å². The Morgan fingerprint density at radius 1 is 1.37 bits per heavy atom. The van der Waals surface area contributed by atoms with Gasteiger partial charge in [-0.05, 0) is 37.5 Å². The zero-order valence-corrected chi connectivity index (χ0v) is 11.8. The fourth-order valence-corrected chi connectivity index (χ4v) is 2.35. The number of esters is 1. The van der Waals surface area contributed by atoms with Gasteiger partial charge in [0.05, 0.1) is 12.5 Å². The monoisotopic (exact) mass is 268 g/mol. The summed E-state index contributed by atoms with van der Waals surface area (Å²) >= 11 is 0. The number of hydrogen-bond acceptors (Lipinski definition) is 3. The Hall–Kier alpha value is -1.42. The van der Waals surface area contributed by atoms with Crippen LogP contribution in [-0.2, 0) is 15.1 Å². The van der Waals surface area contributed by atoms with Crippen molar-refractivity contribution in [1.82, 2.24) is 0 Å². The molecule has 19 heavy (non-hydrogen) atoms. The van der Waals surface area contributed by atoms with E-state index in [2.05, 4.69) is 0 Å². The van der Waals surface area contributed by atoms with Gasteiger partial charge in [0.15, 0.2) is 0 Å². The quantitative estimate of drug-likeness (QED) is 0.835. The van der Waals surface area contributed by atoms with E-state index in [0.717, 1.165) is 0 Å². The van der Waals surface area contributed by atoms with E-state index >= 15 is 0 Å². The van der Waals surface area contributed by atoms with Gasteiger partial charge in [0.2, 0.25) is 0 Å². The van der Waals surface area contributed by atoms with Gasteiger partial charge in [-0.25, -0.2) is 4.39 Å². The zero-order valence-electron chi connectivity index (χ0n) is 11.8. The molecule has 1 rings (SSSR count). The maximum atomic E-state index is 12.9. The fraction of sp³-hybridized carbons (Fsp3) is 0.533. The number of hydrogen-bond donors (Lipinski definition) is 1. The van der Waals surface area contributed by atoms with Gasteiger partial charge in [-0.15, -0.1) is 0 Å². The number of carbonyl (C=O) groups excluding carboxylic acids is 1. The Morgan fingerprint density at radius 2 is 1.89 bits per heavy atom. The molecule has 2 unspecified atom stereocenters. The lowest BCUT2D eigenvalue weighted by Crippen LogP contribution is -2.41. The van der Waals surface area contributed by atoms with E-state index < -0.39 is 17.5 Å².